The van der Waals surface area contributed by atoms with E-state index in [0.29, 0.717) is 37.7 Å². The average Bonchev–Trinajstić information content (AvgIpc) is 3.25. The number of carbonyl (C=O) groups is 1. The minimum atomic E-state index is -0.533. The number of carbonyl (C=O) groups excluding carboxylic acids is 1. The third kappa shape index (κ3) is 6.25. The summed E-state index contributed by atoms with van der Waals surface area (Å²) in [6, 6.07) is 7.62. The van der Waals surface area contributed by atoms with E-state index in [4.69, 9.17) is 21.1 Å². The first kappa shape index (κ1) is 22.6. The van der Waals surface area contributed by atoms with Crippen LogP contribution < -0.4 is 5.32 Å². The van der Waals surface area contributed by atoms with Gasteiger partial charge in [0.15, 0.2) is 0 Å². The number of ether oxygens (including phenoxy) is 2. The summed E-state index contributed by atoms with van der Waals surface area (Å²) in [6.45, 7) is 2.30. The van der Waals surface area contributed by atoms with Gasteiger partial charge in [-0.2, -0.15) is 0 Å². The molecular weight excluding hydrogens is 438 g/mol. The van der Waals surface area contributed by atoms with Gasteiger partial charge in [0, 0.05) is 35.7 Å². The van der Waals surface area contributed by atoms with Crippen molar-refractivity contribution in [3.05, 3.63) is 51.4 Å². The highest BCUT2D eigenvalue weighted by atomic mass is 35.5. The molecule has 0 bridgehead atoms. The molecule has 4 rings (SSSR count). The van der Waals surface area contributed by atoms with Crippen molar-refractivity contribution in [2.45, 2.75) is 56.7 Å². The normalized spacial score (nSPS) is 27.2. The number of aromatic nitrogens is 1. The highest BCUT2D eigenvalue weighted by molar-refractivity contribution is 7.09. The molecule has 3 heterocycles. The highest BCUT2D eigenvalue weighted by Crippen LogP contribution is 2.29. The first-order valence-electron chi connectivity index (χ1n) is 10.6. The van der Waals surface area contributed by atoms with Gasteiger partial charge >= 0.3 is 0 Å². The lowest BCUT2D eigenvalue weighted by atomic mass is 9.94. The van der Waals surface area contributed by atoms with E-state index in [1.54, 1.807) is 17.5 Å². The number of fused-ring (bicyclic) bond motifs is 1. The fourth-order valence-electron chi connectivity index (χ4n) is 4.25. The van der Waals surface area contributed by atoms with Gasteiger partial charge in [0.25, 0.3) is 0 Å². The zero-order chi connectivity index (χ0) is 21.6. The predicted molar refractivity (Wildman–Crippen MR) is 119 cm³/mol. The number of rotatable bonds is 6. The maximum Gasteiger partial charge on any atom is 0.222 e. The van der Waals surface area contributed by atoms with E-state index in [0.717, 1.165) is 23.4 Å². The maximum atomic E-state index is 12.5. The van der Waals surface area contributed by atoms with Crippen LogP contribution in [0.4, 0.5) is 0 Å². The number of aliphatic hydroxyl groups excluding tert-OH is 1. The largest absolute Gasteiger partial charge is 0.389 e. The van der Waals surface area contributed by atoms with Crippen molar-refractivity contribution in [1.82, 2.24) is 15.2 Å². The van der Waals surface area contributed by atoms with Crippen LogP contribution in [0.15, 0.2) is 35.8 Å². The van der Waals surface area contributed by atoms with Gasteiger partial charge in [-0.05, 0) is 24.5 Å². The van der Waals surface area contributed by atoms with Crippen LogP contribution in [0.1, 0.15) is 29.8 Å². The summed E-state index contributed by atoms with van der Waals surface area (Å²) >= 11 is 7.78. The van der Waals surface area contributed by atoms with Crippen LogP contribution in [0.2, 0.25) is 5.02 Å². The van der Waals surface area contributed by atoms with Crippen molar-refractivity contribution in [3.63, 3.8) is 0 Å². The Hall–Kier alpha value is -1.55. The van der Waals surface area contributed by atoms with Crippen LogP contribution in [0.5, 0.6) is 0 Å². The minimum absolute atomic E-state index is 0.0507. The van der Waals surface area contributed by atoms with Crippen LogP contribution in [0.25, 0.3) is 0 Å². The second kappa shape index (κ2) is 10.8. The van der Waals surface area contributed by atoms with E-state index < -0.39 is 6.10 Å². The minimum Gasteiger partial charge on any atom is -0.389 e. The molecule has 2 aliphatic rings. The van der Waals surface area contributed by atoms with E-state index in [2.05, 4.69) is 15.2 Å². The molecule has 1 aromatic carbocycles. The number of amides is 1. The van der Waals surface area contributed by atoms with Crippen LogP contribution >= 0.6 is 22.9 Å². The lowest BCUT2D eigenvalue weighted by Crippen LogP contribution is -2.55. The Morgan fingerprint density at radius 3 is 3.00 bits per heavy atom. The third-order valence-electron chi connectivity index (χ3n) is 5.76. The van der Waals surface area contributed by atoms with Crippen molar-refractivity contribution in [2.75, 3.05) is 19.8 Å². The molecule has 0 radical (unpaired) electrons. The average molecular weight is 466 g/mol. The number of nitrogens with one attached hydrogen (secondary N) is 1. The maximum absolute atomic E-state index is 12.5. The summed E-state index contributed by atoms with van der Waals surface area (Å²) in [5.74, 6) is -0.0507. The van der Waals surface area contributed by atoms with E-state index in [9.17, 15) is 9.90 Å². The number of benzene rings is 1. The number of β-amino-alcohol motifs (C(OH)–C–C–N with tert-alkyl or cyclic N) is 1. The molecule has 2 N–H and O–H groups in total. The number of thiazole rings is 1. The molecule has 2 saturated heterocycles. The Kier molecular flexibility index (Phi) is 7.92. The molecule has 0 spiro atoms. The van der Waals surface area contributed by atoms with Gasteiger partial charge in [0.05, 0.1) is 44.5 Å². The molecule has 1 aromatic heterocycles. The van der Waals surface area contributed by atoms with Crippen molar-refractivity contribution in [3.8, 4) is 0 Å². The number of nitrogens with zero attached hydrogens (tertiary/aromatic N) is 2. The van der Waals surface area contributed by atoms with Gasteiger partial charge in [-0.1, -0.05) is 29.8 Å². The molecule has 1 amide bonds. The number of aliphatic hydroxyl groups is 1. The van der Waals surface area contributed by atoms with E-state index in [1.807, 2.05) is 29.6 Å². The SMILES string of the molecule is O=C(C[C@@H]1CC[C@H]2[C@@H](COC[C@H](O)CN2Cc2nccs2)O1)NCc1ccccc1Cl. The lowest BCUT2D eigenvalue weighted by molar-refractivity contribution is -0.158. The Bertz CT molecular complexity index is 853. The highest BCUT2D eigenvalue weighted by Gasteiger charge is 2.38. The fourth-order valence-corrected chi connectivity index (χ4v) is 5.09. The Morgan fingerprint density at radius 1 is 1.32 bits per heavy atom. The zero-order valence-electron chi connectivity index (χ0n) is 17.3. The molecule has 168 valence electrons. The number of hydrogen-bond donors (Lipinski definition) is 2. The van der Waals surface area contributed by atoms with Crippen LogP contribution in [0.3, 0.4) is 0 Å². The molecule has 2 fully saturated rings. The molecule has 2 aliphatic heterocycles. The summed E-state index contributed by atoms with van der Waals surface area (Å²) < 4.78 is 12.0. The van der Waals surface area contributed by atoms with Crippen LogP contribution in [-0.2, 0) is 27.4 Å². The third-order valence-corrected chi connectivity index (χ3v) is 6.89. The molecule has 0 unspecified atom stereocenters. The number of halogens is 1. The van der Waals surface area contributed by atoms with Gasteiger partial charge in [0.1, 0.15) is 5.01 Å². The molecular formula is C22H28ClN3O4S. The summed E-state index contributed by atoms with van der Waals surface area (Å²) in [7, 11) is 0. The van der Waals surface area contributed by atoms with Crippen LogP contribution in [0, 0.1) is 0 Å². The smallest absolute Gasteiger partial charge is 0.222 e. The monoisotopic (exact) mass is 465 g/mol. The van der Waals surface area contributed by atoms with Gasteiger partial charge in [-0.25, -0.2) is 4.98 Å². The van der Waals surface area contributed by atoms with Crippen molar-refractivity contribution >= 4 is 28.8 Å². The number of hydrogen-bond acceptors (Lipinski definition) is 7. The van der Waals surface area contributed by atoms with Gasteiger partial charge < -0.3 is 19.9 Å². The summed E-state index contributed by atoms with van der Waals surface area (Å²) in [5, 5.41) is 16.8. The van der Waals surface area contributed by atoms with Crippen molar-refractivity contribution < 1.29 is 19.4 Å². The molecule has 9 heteroatoms. The van der Waals surface area contributed by atoms with E-state index in [-0.39, 0.29) is 30.8 Å². The molecule has 31 heavy (non-hydrogen) atoms. The summed E-state index contributed by atoms with van der Waals surface area (Å²) in [4.78, 5) is 19.1. The topological polar surface area (TPSA) is 83.9 Å². The van der Waals surface area contributed by atoms with Crippen LogP contribution in [-0.4, -0.2) is 65.0 Å². The summed E-state index contributed by atoms with van der Waals surface area (Å²) in [6.07, 6.45) is 2.96. The molecule has 0 aliphatic carbocycles. The Morgan fingerprint density at radius 2 is 2.19 bits per heavy atom. The quantitative estimate of drug-likeness (QED) is 0.682. The predicted octanol–water partition coefficient (Wildman–Crippen LogP) is 2.61. The molecule has 0 saturated carbocycles. The summed E-state index contributed by atoms with van der Waals surface area (Å²) in [5.41, 5.74) is 0.895. The second-order valence-electron chi connectivity index (χ2n) is 8.06. The Balaban J connectivity index is 1.33. The van der Waals surface area contributed by atoms with Gasteiger partial charge in [-0.15, -0.1) is 11.3 Å². The van der Waals surface area contributed by atoms with E-state index >= 15 is 0 Å². The lowest BCUT2D eigenvalue weighted by Gasteiger charge is -2.44. The zero-order valence-corrected chi connectivity index (χ0v) is 18.9. The fraction of sp³-hybridized carbons (Fsp3) is 0.545. The van der Waals surface area contributed by atoms with Crippen molar-refractivity contribution in [1.29, 1.82) is 0 Å². The molecule has 4 atom stereocenters. The van der Waals surface area contributed by atoms with E-state index in [1.165, 1.54) is 0 Å². The first-order chi connectivity index (χ1) is 15.1. The van der Waals surface area contributed by atoms with Gasteiger partial charge in [0.2, 0.25) is 5.91 Å². The molecule has 2 aromatic rings. The van der Waals surface area contributed by atoms with Gasteiger partial charge in [-0.3, -0.25) is 9.69 Å². The first-order valence-corrected chi connectivity index (χ1v) is 11.9. The Labute approximate surface area is 191 Å². The van der Waals surface area contributed by atoms with Crippen molar-refractivity contribution in [2.24, 2.45) is 0 Å². The standard InChI is InChI=1S/C22H28ClN3O4S/c23-18-4-2-1-3-15(18)10-25-21(28)9-17-5-6-19-20(30-17)14-29-13-16(27)11-26(19)12-22-24-7-8-31-22/h1-4,7-8,16-17,19-20,27H,5-6,9-14H2,(H,25,28)/t16-,17+,19+,20-/m1/s1. The second-order valence-corrected chi connectivity index (χ2v) is 9.45. The molecule has 7 nitrogen and oxygen atoms in total.